The number of ether oxygens (including phenoxy) is 1. The Kier molecular flexibility index (Phi) is 5.34. The molecule has 2 nitrogen and oxygen atoms in total. The molecule has 1 aliphatic carbocycles. The van der Waals surface area contributed by atoms with Crippen molar-refractivity contribution in [2.24, 2.45) is 0 Å². The molecule has 1 aliphatic rings. The molecule has 0 aliphatic heterocycles. The van der Waals surface area contributed by atoms with E-state index in [1.807, 2.05) is 30.3 Å². The van der Waals surface area contributed by atoms with Crippen LogP contribution in [0.25, 0.3) is 0 Å². The van der Waals surface area contributed by atoms with E-state index in [4.69, 9.17) is 4.74 Å². The average Bonchev–Trinajstić information content (AvgIpc) is 2.73. The van der Waals surface area contributed by atoms with Crippen LogP contribution in [-0.4, -0.2) is 12.1 Å². The highest BCUT2D eigenvalue weighted by Gasteiger charge is 2.22. The van der Waals surface area contributed by atoms with Gasteiger partial charge in [0.05, 0.1) is 5.56 Å². The van der Waals surface area contributed by atoms with Crippen molar-refractivity contribution in [2.45, 2.75) is 38.2 Å². The zero-order valence-corrected chi connectivity index (χ0v) is 15.4. The maximum atomic E-state index is 12.5. The molecule has 136 valence electrons. The van der Waals surface area contributed by atoms with Gasteiger partial charge in [0.25, 0.3) is 0 Å². The average molecular weight is 356 g/mol. The first-order chi connectivity index (χ1) is 13.3. The van der Waals surface area contributed by atoms with Gasteiger partial charge >= 0.3 is 5.97 Å². The molecular formula is C25H24O2. The predicted molar refractivity (Wildman–Crippen MR) is 108 cm³/mol. The number of hydrogen-bond donors (Lipinski definition) is 0. The molecular weight excluding hydrogens is 332 g/mol. The normalized spacial score (nSPS) is 15.8. The summed E-state index contributed by atoms with van der Waals surface area (Å²) in [6.07, 6.45) is 4.65. The van der Waals surface area contributed by atoms with Crippen molar-refractivity contribution in [1.29, 1.82) is 0 Å². The third-order valence-electron chi connectivity index (χ3n) is 5.31. The predicted octanol–water partition coefficient (Wildman–Crippen LogP) is 5.19. The van der Waals surface area contributed by atoms with E-state index < -0.39 is 0 Å². The maximum absolute atomic E-state index is 12.5. The summed E-state index contributed by atoms with van der Waals surface area (Å²) < 4.78 is 5.76. The van der Waals surface area contributed by atoms with Gasteiger partial charge in [-0.25, -0.2) is 4.79 Å². The summed E-state index contributed by atoms with van der Waals surface area (Å²) in [6.45, 7) is 0. The molecule has 0 saturated heterocycles. The molecule has 1 atom stereocenters. The number of aryl methyl sites for hydroxylation is 3. The second-order valence-electron chi connectivity index (χ2n) is 7.22. The summed E-state index contributed by atoms with van der Waals surface area (Å²) in [7, 11) is 0. The third-order valence-corrected chi connectivity index (χ3v) is 5.31. The maximum Gasteiger partial charge on any atom is 0.338 e. The van der Waals surface area contributed by atoms with Gasteiger partial charge in [-0.2, -0.15) is 0 Å². The molecule has 0 bridgehead atoms. The summed E-state index contributed by atoms with van der Waals surface area (Å²) in [5, 5.41) is 0. The molecule has 3 aromatic carbocycles. The van der Waals surface area contributed by atoms with Crippen LogP contribution < -0.4 is 0 Å². The highest BCUT2D eigenvalue weighted by Crippen LogP contribution is 2.23. The summed E-state index contributed by atoms with van der Waals surface area (Å²) in [5.41, 5.74) is 5.89. The smallest absolute Gasteiger partial charge is 0.338 e. The highest BCUT2D eigenvalue weighted by atomic mass is 16.5. The number of benzene rings is 3. The molecule has 0 fully saturated rings. The Hall–Kier alpha value is -2.87. The first-order valence-electron chi connectivity index (χ1n) is 9.68. The number of carbonyl (C=O) groups is 1. The van der Waals surface area contributed by atoms with Gasteiger partial charge in [0, 0.05) is 6.42 Å². The summed E-state index contributed by atoms with van der Waals surface area (Å²) in [5.74, 6) is -0.214. The zero-order chi connectivity index (χ0) is 18.5. The van der Waals surface area contributed by atoms with Gasteiger partial charge in [-0.3, -0.25) is 0 Å². The summed E-state index contributed by atoms with van der Waals surface area (Å²) >= 11 is 0. The fraction of sp³-hybridized carbons (Fsp3) is 0.240. The van der Waals surface area contributed by atoms with E-state index in [9.17, 15) is 4.79 Å². The third kappa shape index (κ3) is 4.46. The number of esters is 1. The lowest BCUT2D eigenvalue weighted by atomic mass is 9.90. The molecule has 0 aromatic heterocycles. The van der Waals surface area contributed by atoms with Gasteiger partial charge in [0.15, 0.2) is 0 Å². The van der Waals surface area contributed by atoms with Gasteiger partial charge in [-0.05, 0) is 60.1 Å². The molecule has 3 aromatic rings. The van der Waals surface area contributed by atoms with Gasteiger partial charge in [0.1, 0.15) is 6.10 Å². The van der Waals surface area contributed by atoms with Gasteiger partial charge in [-0.15, -0.1) is 0 Å². The number of carbonyl (C=O) groups excluding carboxylic acids is 1. The van der Waals surface area contributed by atoms with E-state index >= 15 is 0 Å². The Morgan fingerprint density at radius 3 is 2.15 bits per heavy atom. The summed E-state index contributed by atoms with van der Waals surface area (Å²) in [4.78, 5) is 12.5. The first-order valence-corrected chi connectivity index (χ1v) is 9.68. The Bertz CT molecular complexity index is 897. The van der Waals surface area contributed by atoms with E-state index in [0.717, 1.165) is 32.1 Å². The standard InChI is InChI=1S/C25H24O2/c26-25(27-24-17-16-21-8-4-5-9-23(21)18-24)22-14-12-20(13-15-22)11-10-19-6-2-1-3-7-19/h1-9,12-15,24H,10-11,16-18H2. The van der Waals surface area contributed by atoms with Crippen molar-refractivity contribution in [2.75, 3.05) is 0 Å². The van der Waals surface area contributed by atoms with Gasteiger partial charge in [-0.1, -0.05) is 66.7 Å². The Balaban J connectivity index is 1.33. The van der Waals surface area contributed by atoms with Crippen molar-refractivity contribution in [3.63, 3.8) is 0 Å². The number of hydrogen-bond acceptors (Lipinski definition) is 2. The van der Waals surface area contributed by atoms with E-state index in [2.05, 4.69) is 48.5 Å². The zero-order valence-electron chi connectivity index (χ0n) is 15.4. The van der Waals surface area contributed by atoms with Crippen LogP contribution in [0.5, 0.6) is 0 Å². The lowest BCUT2D eigenvalue weighted by molar-refractivity contribution is 0.0271. The minimum absolute atomic E-state index is 0.0230. The fourth-order valence-electron chi connectivity index (χ4n) is 3.73. The monoisotopic (exact) mass is 356 g/mol. The lowest BCUT2D eigenvalue weighted by Gasteiger charge is -2.24. The van der Waals surface area contributed by atoms with Crippen LogP contribution in [0.2, 0.25) is 0 Å². The second-order valence-corrected chi connectivity index (χ2v) is 7.22. The number of rotatable bonds is 5. The summed E-state index contributed by atoms with van der Waals surface area (Å²) in [6, 6.07) is 26.7. The molecule has 1 unspecified atom stereocenters. The van der Waals surface area contributed by atoms with Crippen molar-refractivity contribution in [3.8, 4) is 0 Å². The van der Waals surface area contributed by atoms with Crippen LogP contribution in [0.15, 0.2) is 78.9 Å². The molecule has 0 saturated carbocycles. The lowest BCUT2D eigenvalue weighted by Crippen LogP contribution is -2.25. The molecule has 4 rings (SSSR count). The first kappa shape index (κ1) is 17.5. The van der Waals surface area contributed by atoms with Crippen LogP contribution in [0, 0.1) is 0 Å². The van der Waals surface area contributed by atoms with Crippen LogP contribution in [0.3, 0.4) is 0 Å². The van der Waals surface area contributed by atoms with Crippen LogP contribution >= 0.6 is 0 Å². The van der Waals surface area contributed by atoms with Crippen molar-refractivity contribution in [3.05, 3.63) is 107 Å². The van der Waals surface area contributed by atoms with Gasteiger partial charge < -0.3 is 4.74 Å². The largest absolute Gasteiger partial charge is 0.458 e. The molecule has 0 spiro atoms. The topological polar surface area (TPSA) is 26.3 Å². The molecule has 0 heterocycles. The fourth-order valence-corrected chi connectivity index (χ4v) is 3.73. The van der Waals surface area contributed by atoms with Crippen molar-refractivity contribution < 1.29 is 9.53 Å². The molecule has 2 heteroatoms. The van der Waals surface area contributed by atoms with Crippen molar-refractivity contribution in [1.82, 2.24) is 0 Å². The molecule has 27 heavy (non-hydrogen) atoms. The second kappa shape index (κ2) is 8.22. The Morgan fingerprint density at radius 2 is 1.41 bits per heavy atom. The highest BCUT2D eigenvalue weighted by molar-refractivity contribution is 5.89. The van der Waals surface area contributed by atoms with Crippen molar-refractivity contribution >= 4 is 5.97 Å². The molecule has 0 radical (unpaired) electrons. The molecule has 0 N–H and O–H groups in total. The SMILES string of the molecule is O=C(OC1CCc2ccccc2C1)c1ccc(CCc2ccccc2)cc1. The molecule has 0 amide bonds. The van der Waals surface area contributed by atoms with E-state index in [-0.39, 0.29) is 12.1 Å². The minimum Gasteiger partial charge on any atom is -0.458 e. The van der Waals surface area contributed by atoms with E-state index in [1.54, 1.807) is 0 Å². The van der Waals surface area contributed by atoms with Gasteiger partial charge in [0.2, 0.25) is 0 Å². The van der Waals surface area contributed by atoms with Crippen LogP contribution in [0.4, 0.5) is 0 Å². The minimum atomic E-state index is -0.214. The Morgan fingerprint density at radius 1 is 0.778 bits per heavy atom. The van der Waals surface area contributed by atoms with Crippen LogP contribution in [0.1, 0.15) is 39.0 Å². The quantitative estimate of drug-likeness (QED) is 0.588. The van der Waals surface area contributed by atoms with Crippen LogP contribution in [-0.2, 0) is 30.4 Å². The van der Waals surface area contributed by atoms with E-state index in [1.165, 1.54) is 22.3 Å². The Labute approximate surface area is 160 Å². The van der Waals surface area contributed by atoms with E-state index in [0.29, 0.717) is 5.56 Å². The number of fused-ring (bicyclic) bond motifs is 1.